The van der Waals surface area contributed by atoms with Crippen LogP contribution in [0.15, 0.2) is 0 Å². The first-order valence-electron chi connectivity index (χ1n) is 6.49. The monoisotopic (exact) mass is 295 g/mol. The number of hydrogen-bond acceptors (Lipinski definition) is 3. The van der Waals surface area contributed by atoms with Crippen LogP contribution in [-0.2, 0) is 9.59 Å². The van der Waals surface area contributed by atoms with Crippen LogP contribution in [0.2, 0.25) is 0 Å². The van der Waals surface area contributed by atoms with Gasteiger partial charge in [-0.2, -0.15) is 13.2 Å². The number of carbonyl (C=O) groups excluding carboxylic acids is 2. The average molecular weight is 295 g/mol. The maximum Gasteiger partial charge on any atom is 0.401 e. The fraction of sp³-hybridized carbons (Fsp3) is 0.833. The van der Waals surface area contributed by atoms with Crippen LogP contribution in [0.5, 0.6) is 0 Å². The van der Waals surface area contributed by atoms with Crippen LogP contribution in [0.1, 0.15) is 13.8 Å². The highest BCUT2D eigenvalue weighted by molar-refractivity contribution is 5.86. The van der Waals surface area contributed by atoms with Crippen molar-refractivity contribution in [3.63, 3.8) is 0 Å². The average Bonchev–Trinajstić information content (AvgIpc) is 2.23. The SMILES string of the molecule is CCNC(=O)C1CN(C(=O)C(C)N(C)CC(F)(F)F)C1. The van der Waals surface area contributed by atoms with Crippen molar-refractivity contribution < 1.29 is 22.8 Å². The molecule has 2 amide bonds. The first-order valence-corrected chi connectivity index (χ1v) is 6.49. The molecule has 0 aromatic heterocycles. The van der Waals surface area contributed by atoms with Crippen molar-refractivity contribution in [1.82, 2.24) is 15.1 Å². The molecule has 0 aromatic rings. The lowest BCUT2D eigenvalue weighted by Crippen LogP contribution is -2.59. The summed E-state index contributed by atoms with van der Waals surface area (Å²) in [6, 6.07) is -0.855. The molecule has 8 heteroatoms. The fourth-order valence-corrected chi connectivity index (χ4v) is 2.02. The first kappa shape index (κ1) is 16.7. The molecule has 1 saturated heterocycles. The number of hydrogen-bond donors (Lipinski definition) is 1. The van der Waals surface area contributed by atoms with E-state index in [1.807, 2.05) is 0 Å². The predicted molar refractivity (Wildman–Crippen MR) is 66.9 cm³/mol. The summed E-state index contributed by atoms with van der Waals surface area (Å²) in [5.41, 5.74) is 0. The maximum atomic E-state index is 12.3. The molecule has 0 aliphatic carbocycles. The third kappa shape index (κ3) is 4.36. The van der Waals surface area contributed by atoms with E-state index < -0.39 is 18.8 Å². The lowest BCUT2D eigenvalue weighted by molar-refractivity contribution is -0.158. The third-order valence-corrected chi connectivity index (χ3v) is 3.36. The molecule has 1 unspecified atom stereocenters. The van der Waals surface area contributed by atoms with Crippen LogP contribution < -0.4 is 5.32 Å². The molecule has 1 heterocycles. The van der Waals surface area contributed by atoms with Crippen molar-refractivity contribution in [2.45, 2.75) is 26.1 Å². The Hall–Kier alpha value is -1.31. The van der Waals surface area contributed by atoms with E-state index in [0.717, 1.165) is 4.90 Å². The Bertz CT molecular complexity index is 367. The van der Waals surface area contributed by atoms with E-state index in [4.69, 9.17) is 0 Å². The molecule has 0 saturated carbocycles. The van der Waals surface area contributed by atoms with E-state index in [0.29, 0.717) is 6.54 Å². The van der Waals surface area contributed by atoms with Gasteiger partial charge in [-0.3, -0.25) is 14.5 Å². The molecule has 5 nitrogen and oxygen atoms in total. The van der Waals surface area contributed by atoms with Crippen molar-refractivity contribution in [2.24, 2.45) is 5.92 Å². The van der Waals surface area contributed by atoms with Gasteiger partial charge in [0.1, 0.15) is 0 Å². The van der Waals surface area contributed by atoms with Crippen LogP contribution in [0.3, 0.4) is 0 Å². The Morgan fingerprint density at radius 2 is 1.95 bits per heavy atom. The quantitative estimate of drug-likeness (QED) is 0.802. The summed E-state index contributed by atoms with van der Waals surface area (Å²) in [7, 11) is 1.26. The van der Waals surface area contributed by atoms with Gasteiger partial charge in [-0.05, 0) is 20.9 Å². The largest absolute Gasteiger partial charge is 0.401 e. The van der Waals surface area contributed by atoms with Crippen molar-refractivity contribution in [3.05, 3.63) is 0 Å². The van der Waals surface area contributed by atoms with E-state index in [1.54, 1.807) is 6.92 Å². The highest BCUT2D eigenvalue weighted by Crippen LogP contribution is 2.20. The highest BCUT2D eigenvalue weighted by Gasteiger charge is 2.39. The number of rotatable bonds is 5. The molecule has 0 radical (unpaired) electrons. The zero-order chi connectivity index (χ0) is 15.5. The van der Waals surface area contributed by atoms with E-state index in [9.17, 15) is 22.8 Å². The van der Waals surface area contributed by atoms with Crippen molar-refractivity contribution in [2.75, 3.05) is 33.2 Å². The second-order valence-corrected chi connectivity index (χ2v) is 5.04. The van der Waals surface area contributed by atoms with Crippen LogP contribution >= 0.6 is 0 Å². The van der Waals surface area contributed by atoms with Crippen molar-refractivity contribution in [1.29, 1.82) is 0 Å². The van der Waals surface area contributed by atoms with Gasteiger partial charge in [0, 0.05) is 19.6 Å². The predicted octanol–water partition coefficient (Wildman–Crippen LogP) is 0.463. The van der Waals surface area contributed by atoms with Gasteiger partial charge in [-0.15, -0.1) is 0 Å². The van der Waals surface area contributed by atoms with Crippen LogP contribution in [0, 0.1) is 5.92 Å². The van der Waals surface area contributed by atoms with Gasteiger partial charge in [0.25, 0.3) is 0 Å². The summed E-state index contributed by atoms with van der Waals surface area (Å²) in [6.45, 7) is 3.17. The molecular weight excluding hydrogens is 275 g/mol. The molecule has 1 aliphatic heterocycles. The molecule has 1 rings (SSSR count). The number of likely N-dealkylation sites (tertiary alicyclic amines) is 1. The van der Waals surface area contributed by atoms with Crippen LogP contribution in [0.25, 0.3) is 0 Å². The van der Waals surface area contributed by atoms with E-state index in [-0.39, 0.29) is 30.8 Å². The molecule has 1 N–H and O–H groups in total. The minimum absolute atomic E-state index is 0.118. The van der Waals surface area contributed by atoms with Crippen molar-refractivity contribution >= 4 is 11.8 Å². The Morgan fingerprint density at radius 1 is 1.40 bits per heavy atom. The van der Waals surface area contributed by atoms with Gasteiger partial charge in [0.2, 0.25) is 11.8 Å². The van der Waals surface area contributed by atoms with E-state index in [1.165, 1.54) is 18.9 Å². The standard InChI is InChI=1S/C12H20F3N3O2/c1-4-16-10(19)9-5-18(6-9)11(20)8(2)17(3)7-12(13,14)15/h8-9H,4-7H2,1-3H3,(H,16,19). The topological polar surface area (TPSA) is 52.7 Å². The summed E-state index contributed by atoms with van der Waals surface area (Å²) in [6.07, 6.45) is -4.33. The molecular formula is C12H20F3N3O2. The first-order chi connectivity index (χ1) is 9.15. The summed E-state index contributed by atoms with van der Waals surface area (Å²) >= 11 is 0. The molecule has 1 aliphatic rings. The number of alkyl halides is 3. The van der Waals surface area contributed by atoms with E-state index >= 15 is 0 Å². The molecule has 1 fully saturated rings. The minimum Gasteiger partial charge on any atom is -0.356 e. The van der Waals surface area contributed by atoms with Gasteiger partial charge >= 0.3 is 6.18 Å². The second-order valence-electron chi connectivity index (χ2n) is 5.04. The summed E-state index contributed by atoms with van der Waals surface area (Å²) in [5.74, 6) is -0.746. The maximum absolute atomic E-state index is 12.3. The van der Waals surface area contributed by atoms with Crippen LogP contribution in [0.4, 0.5) is 13.2 Å². The highest BCUT2D eigenvalue weighted by atomic mass is 19.4. The molecule has 20 heavy (non-hydrogen) atoms. The smallest absolute Gasteiger partial charge is 0.356 e. The zero-order valence-corrected chi connectivity index (χ0v) is 11.8. The number of amides is 2. The molecule has 116 valence electrons. The third-order valence-electron chi connectivity index (χ3n) is 3.36. The number of likely N-dealkylation sites (N-methyl/N-ethyl adjacent to an activating group) is 1. The van der Waals surface area contributed by atoms with Gasteiger partial charge in [-0.25, -0.2) is 0 Å². The Kier molecular flexibility index (Phi) is 5.38. The number of nitrogens with zero attached hydrogens (tertiary/aromatic N) is 2. The molecule has 0 aromatic carbocycles. The van der Waals surface area contributed by atoms with Gasteiger partial charge in [0.15, 0.2) is 0 Å². The number of halogens is 3. The molecule has 1 atom stereocenters. The fourth-order valence-electron chi connectivity index (χ4n) is 2.02. The number of carbonyl (C=O) groups is 2. The summed E-state index contributed by atoms with van der Waals surface area (Å²) < 4.78 is 36.8. The lowest BCUT2D eigenvalue weighted by Gasteiger charge is -2.41. The number of nitrogens with one attached hydrogen (secondary N) is 1. The summed E-state index contributed by atoms with van der Waals surface area (Å²) in [4.78, 5) is 25.8. The minimum atomic E-state index is -4.33. The van der Waals surface area contributed by atoms with Gasteiger partial charge in [-0.1, -0.05) is 0 Å². The Balaban J connectivity index is 2.42. The van der Waals surface area contributed by atoms with Gasteiger partial charge < -0.3 is 10.2 Å². The van der Waals surface area contributed by atoms with Gasteiger partial charge in [0.05, 0.1) is 18.5 Å². The zero-order valence-electron chi connectivity index (χ0n) is 11.8. The Labute approximate surface area is 116 Å². The summed E-state index contributed by atoms with van der Waals surface area (Å²) in [5, 5.41) is 2.65. The molecule has 0 bridgehead atoms. The van der Waals surface area contributed by atoms with E-state index in [2.05, 4.69) is 5.32 Å². The normalized spacial score (nSPS) is 17.9. The lowest BCUT2D eigenvalue weighted by atomic mass is 9.98. The molecule has 0 spiro atoms. The Morgan fingerprint density at radius 3 is 2.40 bits per heavy atom. The second kappa shape index (κ2) is 6.43. The van der Waals surface area contributed by atoms with Crippen molar-refractivity contribution in [3.8, 4) is 0 Å². The van der Waals surface area contributed by atoms with Crippen LogP contribution in [-0.4, -0.2) is 67.1 Å².